The molecule has 2 rings (SSSR count). The predicted octanol–water partition coefficient (Wildman–Crippen LogP) is 4.24. The number of Topliss-reactive ketones (excluding diaryl/α,β-unsaturated/α-hetero) is 1. The number of amides is 1. The maximum absolute atomic E-state index is 12.1. The third-order valence-corrected chi connectivity index (χ3v) is 4.44. The summed E-state index contributed by atoms with van der Waals surface area (Å²) in [7, 11) is 0. The molecule has 1 amide bonds. The van der Waals surface area contributed by atoms with E-state index in [0.717, 1.165) is 10.5 Å². The number of anilines is 1. The molecular formula is C18H19NO2S. The molecule has 0 unspecified atom stereocenters. The van der Waals surface area contributed by atoms with Crippen molar-refractivity contribution in [3.05, 3.63) is 59.2 Å². The van der Waals surface area contributed by atoms with Crippen LogP contribution in [-0.2, 0) is 4.79 Å². The smallest absolute Gasteiger partial charge is 0.234 e. The number of hydrogen-bond donors (Lipinski definition) is 1. The van der Waals surface area contributed by atoms with E-state index in [1.165, 1.54) is 24.2 Å². The van der Waals surface area contributed by atoms with Crippen molar-refractivity contribution < 1.29 is 9.59 Å². The minimum atomic E-state index is -0.111. The number of nitrogens with one attached hydrogen (secondary N) is 1. The average Bonchev–Trinajstić information content (AvgIpc) is 2.48. The number of ketones is 1. The predicted molar refractivity (Wildman–Crippen MR) is 91.7 cm³/mol. The molecule has 2 aromatic carbocycles. The van der Waals surface area contributed by atoms with Crippen molar-refractivity contribution in [2.75, 3.05) is 11.1 Å². The van der Waals surface area contributed by atoms with Gasteiger partial charge in [-0.2, -0.15) is 0 Å². The van der Waals surface area contributed by atoms with Gasteiger partial charge in [-0.3, -0.25) is 9.59 Å². The van der Waals surface area contributed by atoms with Crippen LogP contribution in [0.3, 0.4) is 0 Å². The van der Waals surface area contributed by atoms with Crippen LogP contribution in [-0.4, -0.2) is 17.4 Å². The summed E-state index contributed by atoms with van der Waals surface area (Å²) in [6.07, 6.45) is 0. The van der Waals surface area contributed by atoms with Crippen molar-refractivity contribution in [2.45, 2.75) is 25.7 Å². The molecule has 0 aliphatic heterocycles. The molecule has 0 aliphatic rings. The second-order valence-electron chi connectivity index (χ2n) is 5.21. The third kappa shape index (κ3) is 4.21. The Balaban J connectivity index is 2.02. The molecule has 0 saturated heterocycles. The summed E-state index contributed by atoms with van der Waals surface area (Å²) >= 11 is 1.51. The summed E-state index contributed by atoms with van der Waals surface area (Å²) in [5.41, 5.74) is 3.44. The van der Waals surface area contributed by atoms with Crippen LogP contribution in [0.5, 0.6) is 0 Å². The summed E-state index contributed by atoms with van der Waals surface area (Å²) in [5.74, 6) is 0.147. The highest BCUT2D eigenvalue weighted by Crippen LogP contribution is 2.24. The van der Waals surface area contributed by atoms with Crippen LogP contribution in [0, 0.1) is 13.8 Å². The van der Waals surface area contributed by atoms with Crippen molar-refractivity contribution in [3.63, 3.8) is 0 Å². The second kappa shape index (κ2) is 7.27. The number of carbonyl (C=O) groups excluding carboxylic acids is 2. The van der Waals surface area contributed by atoms with Crippen LogP contribution in [0.25, 0.3) is 0 Å². The van der Waals surface area contributed by atoms with Gasteiger partial charge in [0.25, 0.3) is 0 Å². The van der Waals surface area contributed by atoms with Crippen LogP contribution in [0.4, 0.5) is 5.69 Å². The fourth-order valence-corrected chi connectivity index (χ4v) is 3.02. The number of carbonyl (C=O) groups is 2. The molecule has 4 heteroatoms. The van der Waals surface area contributed by atoms with E-state index in [-0.39, 0.29) is 11.7 Å². The number of aryl methyl sites for hydroxylation is 2. The van der Waals surface area contributed by atoms with E-state index in [1.807, 2.05) is 13.8 Å². The highest BCUT2D eigenvalue weighted by molar-refractivity contribution is 8.00. The maximum atomic E-state index is 12.1. The quantitative estimate of drug-likeness (QED) is 0.663. The Morgan fingerprint density at radius 3 is 2.55 bits per heavy atom. The SMILES string of the molecule is CC(=O)c1ccccc1NC(=O)CSc1cc(C)ccc1C. The lowest BCUT2D eigenvalue weighted by molar-refractivity contribution is -0.113. The highest BCUT2D eigenvalue weighted by Gasteiger charge is 2.10. The van der Waals surface area contributed by atoms with Gasteiger partial charge in [-0.15, -0.1) is 11.8 Å². The molecule has 2 aromatic rings. The van der Waals surface area contributed by atoms with Crippen LogP contribution in [0.15, 0.2) is 47.4 Å². The zero-order valence-electron chi connectivity index (χ0n) is 13.0. The van der Waals surface area contributed by atoms with E-state index < -0.39 is 0 Å². The van der Waals surface area contributed by atoms with Crippen LogP contribution in [0.2, 0.25) is 0 Å². The molecule has 0 spiro atoms. The minimum Gasteiger partial charge on any atom is -0.325 e. The summed E-state index contributed by atoms with van der Waals surface area (Å²) in [6.45, 7) is 5.56. The Hall–Kier alpha value is -2.07. The normalized spacial score (nSPS) is 10.3. The second-order valence-corrected chi connectivity index (χ2v) is 6.22. The van der Waals surface area contributed by atoms with Crippen LogP contribution >= 0.6 is 11.8 Å². The minimum absolute atomic E-state index is 0.0573. The Labute approximate surface area is 135 Å². The third-order valence-electron chi connectivity index (χ3n) is 3.28. The average molecular weight is 313 g/mol. The zero-order chi connectivity index (χ0) is 16.1. The fraction of sp³-hybridized carbons (Fsp3) is 0.222. The molecule has 0 saturated carbocycles. The van der Waals surface area contributed by atoms with E-state index in [4.69, 9.17) is 0 Å². The Kier molecular flexibility index (Phi) is 5.39. The molecule has 0 aliphatic carbocycles. The molecule has 0 heterocycles. The molecule has 22 heavy (non-hydrogen) atoms. The lowest BCUT2D eigenvalue weighted by Crippen LogP contribution is -2.16. The largest absolute Gasteiger partial charge is 0.325 e. The van der Waals surface area contributed by atoms with Gasteiger partial charge in [0.05, 0.1) is 11.4 Å². The zero-order valence-corrected chi connectivity index (χ0v) is 13.8. The van der Waals surface area contributed by atoms with Gasteiger partial charge in [-0.1, -0.05) is 29.8 Å². The van der Waals surface area contributed by atoms with Crippen LogP contribution < -0.4 is 5.32 Å². The molecule has 3 nitrogen and oxygen atoms in total. The van der Waals surface area contributed by atoms with E-state index in [1.54, 1.807) is 24.3 Å². The Bertz CT molecular complexity index is 710. The van der Waals surface area contributed by atoms with E-state index >= 15 is 0 Å². The van der Waals surface area contributed by atoms with Gasteiger partial charge in [0.2, 0.25) is 5.91 Å². The molecular weight excluding hydrogens is 294 g/mol. The number of hydrogen-bond acceptors (Lipinski definition) is 3. The van der Waals surface area contributed by atoms with E-state index in [0.29, 0.717) is 17.0 Å². The standard InChI is InChI=1S/C18H19NO2S/c1-12-8-9-13(2)17(10-12)22-11-18(21)19-16-7-5-4-6-15(16)14(3)20/h4-10H,11H2,1-3H3,(H,19,21). The summed E-state index contributed by atoms with van der Waals surface area (Å²) in [4.78, 5) is 24.8. The van der Waals surface area contributed by atoms with Gasteiger partial charge < -0.3 is 5.32 Å². The van der Waals surface area contributed by atoms with E-state index in [9.17, 15) is 9.59 Å². The summed E-state index contributed by atoms with van der Waals surface area (Å²) in [5, 5.41) is 2.82. The van der Waals surface area contributed by atoms with Gasteiger partial charge in [-0.05, 0) is 44.5 Å². The van der Waals surface area contributed by atoms with Crippen molar-refractivity contribution >= 4 is 29.1 Å². The van der Waals surface area contributed by atoms with Crippen molar-refractivity contribution in [1.29, 1.82) is 0 Å². The number of thioether (sulfide) groups is 1. The summed E-state index contributed by atoms with van der Waals surface area (Å²) in [6, 6.07) is 13.3. The number of benzene rings is 2. The van der Waals surface area contributed by atoms with Gasteiger partial charge >= 0.3 is 0 Å². The first-order valence-electron chi connectivity index (χ1n) is 7.07. The first-order valence-corrected chi connectivity index (χ1v) is 8.06. The van der Waals surface area contributed by atoms with Gasteiger partial charge in [0.1, 0.15) is 0 Å². The van der Waals surface area contributed by atoms with Gasteiger partial charge in [-0.25, -0.2) is 0 Å². The Morgan fingerprint density at radius 2 is 1.82 bits per heavy atom. The number of rotatable bonds is 5. The lowest BCUT2D eigenvalue weighted by Gasteiger charge is -2.10. The fourth-order valence-electron chi connectivity index (χ4n) is 2.09. The first kappa shape index (κ1) is 16.3. The van der Waals surface area contributed by atoms with E-state index in [2.05, 4.69) is 23.5 Å². The Morgan fingerprint density at radius 1 is 1.09 bits per heavy atom. The first-order chi connectivity index (χ1) is 10.5. The van der Waals surface area contributed by atoms with Crippen LogP contribution in [0.1, 0.15) is 28.4 Å². The molecule has 0 atom stereocenters. The van der Waals surface area contributed by atoms with Crippen molar-refractivity contribution in [2.24, 2.45) is 0 Å². The summed E-state index contributed by atoms with van der Waals surface area (Å²) < 4.78 is 0. The lowest BCUT2D eigenvalue weighted by atomic mass is 10.1. The molecule has 114 valence electrons. The van der Waals surface area contributed by atoms with Gasteiger partial charge in [0, 0.05) is 10.5 Å². The number of para-hydroxylation sites is 1. The monoisotopic (exact) mass is 313 g/mol. The molecule has 0 fully saturated rings. The van der Waals surface area contributed by atoms with Gasteiger partial charge in [0.15, 0.2) is 5.78 Å². The molecule has 1 N–H and O–H groups in total. The molecule has 0 bridgehead atoms. The van der Waals surface area contributed by atoms with Crippen molar-refractivity contribution in [1.82, 2.24) is 0 Å². The maximum Gasteiger partial charge on any atom is 0.234 e. The topological polar surface area (TPSA) is 46.2 Å². The molecule has 0 aromatic heterocycles. The van der Waals surface area contributed by atoms with Crippen molar-refractivity contribution in [3.8, 4) is 0 Å². The molecule has 0 radical (unpaired) electrons. The highest BCUT2D eigenvalue weighted by atomic mass is 32.2.